The van der Waals surface area contributed by atoms with Gasteiger partial charge in [-0.2, -0.15) is 0 Å². The van der Waals surface area contributed by atoms with Crippen molar-refractivity contribution in [2.45, 2.75) is 18.4 Å². The quantitative estimate of drug-likeness (QED) is 0.268. The number of allylic oxidation sites excluding steroid dienone is 2. The maximum atomic E-state index is 14.1. The van der Waals surface area contributed by atoms with Crippen LogP contribution in [0.25, 0.3) is 0 Å². The highest BCUT2D eigenvalue weighted by atomic mass is 16.5. The number of Topliss-reactive ketones (excluding diaryl/α,β-unsaturated/α-hetero) is 2. The van der Waals surface area contributed by atoms with Gasteiger partial charge in [0, 0.05) is 24.2 Å². The summed E-state index contributed by atoms with van der Waals surface area (Å²) in [6.07, 6.45) is 4.89. The number of ether oxygens (including phenoxy) is 3. The van der Waals surface area contributed by atoms with Crippen molar-refractivity contribution in [3.63, 3.8) is 0 Å². The normalized spacial score (nSPS) is 21.1. The molecule has 4 aliphatic carbocycles. The Morgan fingerprint density at radius 3 is 1.76 bits per heavy atom. The third-order valence-electron chi connectivity index (χ3n) is 7.33. The standard InChI is InChI=1S/C31H22O7/c1-36-31-16-14-18(15-17-31)23-26(31)28(33)25-22(38-30(35)20-10-6-3-7-11-20)13-12-21(24(25)27(23)32)37-29(34)19-8-4-2-5-9-19/h2-14,16,18H,15,17H2,1H3/t18-,31+/m0/s1. The first-order chi connectivity index (χ1) is 18.4. The van der Waals surface area contributed by atoms with Gasteiger partial charge in [-0.15, -0.1) is 0 Å². The third kappa shape index (κ3) is 3.63. The minimum atomic E-state index is -1.05. The van der Waals surface area contributed by atoms with Crippen LogP contribution in [-0.4, -0.2) is 36.2 Å². The van der Waals surface area contributed by atoms with Crippen molar-refractivity contribution in [2.75, 3.05) is 7.11 Å². The van der Waals surface area contributed by atoms with Crippen LogP contribution >= 0.6 is 0 Å². The van der Waals surface area contributed by atoms with Crippen molar-refractivity contribution >= 4 is 23.5 Å². The predicted octanol–water partition coefficient (Wildman–Crippen LogP) is 5.17. The van der Waals surface area contributed by atoms with Crippen molar-refractivity contribution < 1.29 is 33.4 Å². The lowest BCUT2D eigenvalue weighted by Gasteiger charge is -2.45. The SMILES string of the molecule is CO[C@]12C=C[C@@H](CC1)C1=C2C(=O)c2c(OC(=O)c3ccccc3)ccc(OC(=O)c3ccccc3)c2C1=O. The van der Waals surface area contributed by atoms with Gasteiger partial charge in [0.05, 0.1) is 22.3 Å². The predicted molar refractivity (Wildman–Crippen MR) is 137 cm³/mol. The molecule has 0 aliphatic heterocycles. The van der Waals surface area contributed by atoms with E-state index in [1.807, 2.05) is 12.2 Å². The summed E-state index contributed by atoms with van der Waals surface area (Å²) in [6, 6.07) is 19.4. The van der Waals surface area contributed by atoms with E-state index >= 15 is 0 Å². The van der Waals surface area contributed by atoms with Crippen LogP contribution in [-0.2, 0) is 4.74 Å². The van der Waals surface area contributed by atoms with Crippen LogP contribution < -0.4 is 9.47 Å². The summed E-state index contributed by atoms with van der Waals surface area (Å²) < 4.78 is 17.1. The lowest BCUT2D eigenvalue weighted by atomic mass is 9.62. The van der Waals surface area contributed by atoms with Gasteiger partial charge in [0.15, 0.2) is 11.6 Å². The summed E-state index contributed by atoms with van der Waals surface area (Å²) in [5.41, 5.74) is -0.109. The van der Waals surface area contributed by atoms with Gasteiger partial charge in [0.25, 0.3) is 0 Å². The van der Waals surface area contributed by atoms with Gasteiger partial charge in [-0.05, 0) is 49.2 Å². The highest BCUT2D eigenvalue weighted by Crippen LogP contribution is 2.52. The molecule has 3 aromatic rings. The van der Waals surface area contributed by atoms with Crippen LogP contribution in [0.1, 0.15) is 54.3 Å². The Bertz CT molecular complexity index is 1570. The van der Waals surface area contributed by atoms with Gasteiger partial charge in [-0.3, -0.25) is 9.59 Å². The number of methoxy groups -OCH3 is 1. The molecular formula is C31H22O7. The number of benzene rings is 3. The van der Waals surface area contributed by atoms with Gasteiger partial charge in [0.2, 0.25) is 0 Å². The van der Waals surface area contributed by atoms with Crippen molar-refractivity contribution in [1.29, 1.82) is 0 Å². The van der Waals surface area contributed by atoms with Crippen molar-refractivity contribution in [2.24, 2.45) is 5.92 Å². The van der Waals surface area contributed by atoms with E-state index in [1.54, 1.807) is 60.7 Å². The van der Waals surface area contributed by atoms with E-state index in [-0.39, 0.29) is 45.2 Å². The Morgan fingerprint density at radius 1 is 0.763 bits per heavy atom. The third-order valence-corrected chi connectivity index (χ3v) is 7.33. The number of carbonyl (C=O) groups excluding carboxylic acids is 4. The second-order valence-electron chi connectivity index (χ2n) is 9.37. The molecule has 7 nitrogen and oxygen atoms in total. The molecule has 7 rings (SSSR count). The Morgan fingerprint density at radius 2 is 1.29 bits per heavy atom. The van der Waals surface area contributed by atoms with E-state index in [1.165, 1.54) is 19.2 Å². The van der Waals surface area contributed by atoms with Gasteiger partial charge in [0.1, 0.15) is 17.1 Å². The Balaban J connectivity index is 1.49. The highest BCUT2D eigenvalue weighted by molar-refractivity contribution is 6.30. The molecule has 2 bridgehead atoms. The van der Waals surface area contributed by atoms with Crippen LogP contribution in [0.2, 0.25) is 0 Å². The Hall–Kier alpha value is -4.62. The molecular weight excluding hydrogens is 484 g/mol. The Labute approximate surface area is 218 Å². The molecule has 0 heterocycles. The molecule has 38 heavy (non-hydrogen) atoms. The largest absolute Gasteiger partial charge is 0.422 e. The van der Waals surface area contributed by atoms with Crippen molar-refractivity contribution in [3.8, 4) is 11.5 Å². The molecule has 0 amide bonds. The zero-order valence-corrected chi connectivity index (χ0v) is 20.4. The molecule has 188 valence electrons. The van der Waals surface area contributed by atoms with E-state index in [0.717, 1.165) is 0 Å². The van der Waals surface area contributed by atoms with E-state index in [0.29, 0.717) is 18.4 Å². The molecule has 4 aliphatic rings. The summed E-state index contributed by atoms with van der Waals surface area (Å²) in [5.74, 6) is -2.73. The highest BCUT2D eigenvalue weighted by Gasteiger charge is 2.52. The number of hydrogen-bond donors (Lipinski definition) is 0. The number of esters is 2. The minimum Gasteiger partial charge on any atom is -0.422 e. The van der Waals surface area contributed by atoms with Crippen LogP contribution in [0.4, 0.5) is 0 Å². The summed E-state index contributed by atoms with van der Waals surface area (Å²) in [7, 11) is 1.50. The van der Waals surface area contributed by atoms with Crippen LogP contribution in [0.3, 0.4) is 0 Å². The van der Waals surface area contributed by atoms with Gasteiger partial charge >= 0.3 is 11.9 Å². The van der Waals surface area contributed by atoms with E-state index in [9.17, 15) is 19.2 Å². The summed E-state index contributed by atoms with van der Waals surface area (Å²) in [6.45, 7) is 0. The molecule has 0 N–H and O–H groups in total. The second-order valence-corrected chi connectivity index (χ2v) is 9.37. The number of ketones is 2. The lowest BCUT2D eigenvalue weighted by Crippen LogP contribution is -2.47. The second kappa shape index (κ2) is 9.04. The van der Waals surface area contributed by atoms with E-state index in [2.05, 4.69) is 0 Å². The molecule has 7 heteroatoms. The zero-order chi connectivity index (χ0) is 26.4. The fraction of sp³-hybridized carbons (Fsp3) is 0.161. The molecule has 2 atom stereocenters. The molecule has 0 spiro atoms. The average molecular weight is 507 g/mol. The fourth-order valence-corrected chi connectivity index (χ4v) is 5.46. The van der Waals surface area contributed by atoms with Gasteiger partial charge in [-0.1, -0.05) is 48.6 Å². The maximum absolute atomic E-state index is 14.1. The molecule has 0 unspecified atom stereocenters. The van der Waals surface area contributed by atoms with E-state index < -0.39 is 29.1 Å². The zero-order valence-electron chi connectivity index (χ0n) is 20.4. The average Bonchev–Trinajstić information content (AvgIpc) is 2.97. The first-order valence-electron chi connectivity index (χ1n) is 12.2. The molecule has 0 radical (unpaired) electrons. The van der Waals surface area contributed by atoms with Crippen molar-refractivity contribution in [1.82, 2.24) is 0 Å². The van der Waals surface area contributed by atoms with Crippen LogP contribution in [0, 0.1) is 5.92 Å². The smallest absolute Gasteiger partial charge is 0.343 e. The number of carbonyl (C=O) groups is 4. The Kier molecular flexibility index (Phi) is 5.65. The lowest BCUT2D eigenvalue weighted by molar-refractivity contribution is 0.0341. The maximum Gasteiger partial charge on any atom is 0.343 e. The number of rotatable bonds is 5. The van der Waals surface area contributed by atoms with Crippen LogP contribution in [0.15, 0.2) is 96.1 Å². The van der Waals surface area contributed by atoms with Gasteiger partial charge < -0.3 is 14.2 Å². The van der Waals surface area contributed by atoms with E-state index in [4.69, 9.17) is 14.2 Å². The monoisotopic (exact) mass is 506 g/mol. The molecule has 0 fully saturated rings. The molecule has 0 saturated heterocycles. The molecule has 0 aromatic heterocycles. The minimum absolute atomic E-state index is 0.0739. The van der Waals surface area contributed by atoms with Gasteiger partial charge in [-0.25, -0.2) is 9.59 Å². The van der Waals surface area contributed by atoms with Crippen molar-refractivity contribution in [3.05, 3.63) is 118 Å². The number of fused-ring (bicyclic) bond motifs is 2. The first kappa shape index (κ1) is 23.8. The fourth-order valence-electron chi connectivity index (χ4n) is 5.46. The summed E-state index contributed by atoms with van der Waals surface area (Å²) in [5, 5.41) is 0. The number of hydrogen-bond acceptors (Lipinski definition) is 7. The van der Waals surface area contributed by atoms with Crippen LogP contribution in [0.5, 0.6) is 11.5 Å². The molecule has 3 aromatic carbocycles. The summed E-state index contributed by atoms with van der Waals surface area (Å²) in [4.78, 5) is 54.0. The topological polar surface area (TPSA) is 96.0 Å². The summed E-state index contributed by atoms with van der Waals surface area (Å²) >= 11 is 0. The first-order valence-corrected chi connectivity index (χ1v) is 12.2. The molecule has 0 saturated carbocycles.